The SMILES string of the molecule is CC1CCn2c(cnc2C2CCCCS2)C1. The molecule has 0 bridgehead atoms. The molecule has 2 aliphatic heterocycles. The molecule has 1 fully saturated rings. The maximum absolute atomic E-state index is 4.70. The first-order valence-corrected chi connectivity index (χ1v) is 7.55. The van der Waals surface area contributed by atoms with Crippen molar-refractivity contribution in [1.29, 1.82) is 0 Å². The fourth-order valence-electron chi connectivity index (χ4n) is 2.86. The van der Waals surface area contributed by atoms with Gasteiger partial charge in [0.15, 0.2) is 0 Å². The van der Waals surface area contributed by atoms with Gasteiger partial charge in [-0.2, -0.15) is 11.8 Å². The normalized spacial score (nSPS) is 30.1. The molecule has 1 saturated heterocycles. The molecule has 88 valence electrons. The molecule has 2 atom stereocenters. The highest BCUT2D eigenvalue weighted by molar-refractivity contribution is 7.99. The van der Waals surface area contributed by atoms with Crippen LogP contribution in [0.5, 0.6) is 0 Å². The van der Waals surface area contributed by atoms with Crippen molar-refractivity contribution in [3.63, 3.8) is 0 Å². The molecule has 2 nitrogen and oxygen atoms in total. The minimum Gasteiger partial charge on any atom is -0.331 e. The zero-order chi connectivity index (χ0) is 11.0. The van der Waals surface area contributed by atoms with Crippen molar-refractivity contribution in [3.05, 3.63) is 17.7 Å². The van der Waals surface area contributed by atoms with Gasteiger partial charge in [-0.15, -0.1) is 0 Å². The maximum Gasteiger partial charge on any atom is 0.122 e. The zero-order valence-electron chi connectivity index (χ0n) is 9.98. The fourth-order valence-corrected chi connectivity index (χ4v) is 4.18. The van der Waals surface area contributed by atoms with E-state index in [2.05, 4.69) is 29.4 Å². The van der Waals surface area contributed by atoms with Crippen LogP contribution in [-0.4, -0.2) is 15.3 Å². The van der Waals surface area contributed by atoms with Crippen molar-refractivity contribution in [2.75, 3.05) is 5.75 Å². The van der Waals surface area contributed by atoms with Crippen LogP contribution >= 0.6 is 11.8 Å². The first-order valence-electron chi connectivity index (χ1n) is 6.50. The second-order valence-corrected chi connectivity index (χ2v) is 6.52. The first kappa shape index (κ1) is 10.7. The van der Waals surface area contributed by atoms with Crippen LogP contribution in [0.3, 0.4) is 0 Å². The van der Waals surface area contributed by atoms with Gasteiger partial charge in [0.2, 0.25) is 0 Å². The highest BCUT2D eigenvalue weighted by Crippen LogP contribution is 2.38. The lowest BCUT2D eigenvalue weighted by Crippen LogP contribution is -2.20. The highest BCUT2D eigenvalue weighted by Gasteiger charge is 2.25. The van der Waals surface area contributed by atoms with Crippen molar-refractivity contribution in [1.82, 2.24) is 9.55 Å². The van der Waals surface area contributed by atoms with E-state index in [0.717, 1.165) is 5.92 Å². The van der Waals surface area contributed by atoms with E-state index in [4.69, 9.17) is 4.98 Å². The highest BCUT2D eigenvalue weighted by atomic mass is 32.2. The average Bonchev–Trinajstić information content (AvgIpc) is 2.73. The summed E-state index contributed by atoms with van der Waals surface area (Å²) in [6.07, 6.45) is 8.79. The van der Waals surface area contributed by atoms with Crippen LogP contribution in [0.1, 0.15) is 49.4 Å². The molecule has 3 rings (SSSR count). The van der Waals surface area contributed by atoms with E-state index in [1.54, 1.807) is 0 Å². The van der Waals surface area contributed by atoms with Crippen LogP contribution in [0.25, 0.3) is 0 Å². The van der Waals surface area contributed by atoms with Crippen molar-refractivity contribution < 1.29 is 0 Å². The third-order valence-electron chi connectivity index (χ3n) is 3.84. The number of nitrogens with zero attached hydrogens (tertiary/aromatic N) is 2. The van der Waals surface area contributed by atoms with Crippen LogP contribution in [-0.2, 0) is 13.0 Å². The van der Waals surface area contributed by atoms with Gasteiger partial charge in [-0.3, -0.25) is 0 Å². The molecule has 1 aromatic rings. The smallest absolute Gasteiger partial charge is 0.122 e. The largest absolute Gasteiger partial charge is 0.331 e. The third kappa shape index (κ3) is 1.90. The number of thioether (sulfide) groups is 1. The summed E-state index contributed by atoms with van der Waals surface area (Å²) in [4.78, 5) is 4.70. The minimum atomic E-state index is 0.677. The van der Waals surface area contributed by atoms with E-state index < -0.39 is 0 Å². The van der Waals surface area contributed by atoms with Crippen molar-refractivity contribution in [2.45, 2.75) is 50.8 Å². The van der Waals surface area contributed by atoms with Crippen LogP contribution in [0.2, 0.25) is 0 Å². The zero-order valence-corrected chi connectivity index (χ0v) is 10.8. The summed E-state index contributed by atoms with van der Waals surface area (Å²) in [6, 6.07) is 0. The van der Waals surface area contributed by atoms with Crippen LogP contribution in [0.4, 0.5) is 0 Å². The molecule has 0 saturated carbocycles. The van der Waals surface area contributed by atoms with Crippen LogP contribution < -0.4 is 0 Å². The van der Waals surface area contributed by atoms with E-state index in [1.165, 1.54) is 55.9 Å². The lowest BCUT2D eigenvalue weighted by atomic mass is 9.98. The Morgan fingerprint density at radius 1 is 1.38 bits per heavy atom. The van der Waals surface area contributed by atoms with Crippen LogP contribution in [0, 0.1) is 5.92 Å². The first-order chi connectivity index (χ1) is 7.84. The van der Waals surface area contributed by atoms with E-state index in [-0.39, 0.29) is 0 Å². The van der Waals surface area contributed by atoms with E-state index in [1.807, 2.05) is 0 Å². The predicted octanol–water partition coefficient (Wildman–Crippen LogP) is 3.42. The summed E-state index contributed by atoms with van der Waals surface area (Å²) < 4.78 is 2.50. The molecule has 0 spiro atoms. The third-order valence-corrected chi connectivity index (χ3v) is 5.21. The van der Waals surface area contributed by atoms with Gasteiger partial charge < -0.3 is 4.57 Å². The predicted molar refractivity (Wildman–Crippen MR) is 68.8 cm³/mol. The van der Waals surface area contributed by atoms with Crippen molar-refractivity contribution in [2.24, 2.45) is 5.92 Å². The number of imidazole rings is 1. The molecule has 0 aliphatic carbocycles. The van der Waals surface area contributed by atoms with Gasteiger partial charge in [-0.1, -0.05) is 13.3 Å². The summed E-state index contributed by atoms with van der Waals surface area (Å²) in [5.74, 6) is 3.53. The van der Waals surface area contributed by atoms with E-state index >= 15 is 0 Å². The average molecular weight is 236 g/mol. The summed E-state index contributed by atoms with van der Waals surface area (Å²) in [6.45, 7) is 3.55. The number of rotatable bonds is 1. The molecule has 3 heteroatoms. The Hall–Kier alpha value is -0.440. The molecule has 2 unspecified atom stereocenters. The Morgan fingerprint density at radius 2 is 2.31 bits per heavy atom. The van der Waals surface area contributed by atoms with E-state index in [0.29, 0.717) is 5.25 Å². The quantitative estimate of drug-likeness (QED) is 0.743. The molecule has 2 aliphatic rings. The number of fused-ring (bicyclic) bond motifs is 1. The van der Waals surface area contributed by atoms with Crippen molar-refractivity contribution >= 4 is 11.8 Å². The molecule has 0 radical (unpaired) electrons. The molecule has 0 N–H and O–H groups in total. The molecular weight excluding hydrogens is 216 g/mol. The molecule has 16 heavy (non-hydrogen) atoms. The van der Waals surface area contributed by atoms with Crippen LogP contribution in [0.15, 0.2) is 6.20 Å². The Labute approximate surface area is 102 Å². The van der Waals surface area contributed by atoms with Gasteiger partial charge in [0.05, 0.1) is 5.25 Å². The van der Waals surface area contributed by atoms with Crippen molar-refractivity contribution in [3.8, 4) is 0 Å². The molecular formula is C13H20N2S. The second-order valence-electron chi connectivity index (χ2n) is 5.21. The number of hydrogen-bond donors (Lipinski definition) is 0. The Bertz CT molecular complexity index is 366. The molecule has 0 amide bonds. The molecule has 0 aromatic carbocycles. The Morgan fingerprint density at radius 3 is 3.12 bits per heavy atom. The summed E-state index contributed by atoms with van der Waals surface area (Å²) in [7, 11) is 0. The molecule has 1 aromatic heterocycles. The summed E-state index contributed by atoms with van der Waals surface area (Å²) in [5.41, 5.74) is 1.47. The van der Waals surface area contributed by atoms with Gasteiger partial charge in [-0.05, 0) is 37.4 Å². The summed E-state index contributed by atoms with van der Waals surface area (Å²) in [5, 5.41) is 0.677. The van der Waals surface area contributed by atoms with Gasteiger partial charge in [0, 0.05) is 18.4 Å². The topological polar surface area (TPSA) is 17.8 Å². The van der Waals surface area contributed by atoms with Gasteiger partial charge in [0.1, 0.15) is 5.82 Å². The lowest BCUT2D eigenvalue weighted by molar-refractivity contribution is 0.406. The second kappa shape index (κ2) is 4.44. The van der Waals surface area contributed by atoms with Gasteiger partial charge >= 0.3 is 0 Å². The van der Waals surface area contributed by atoms with Gasteiger partial charge in [-0.25, -0.2) is 4.98 Å². The Balaban J connectivity index is 1.85. The Kier molecular flexibility index (Phi) is 2.97. The van der Waals surface area contributed by atoms with E-state index in [9.17, 15) is 0 Å². The fraction of sp³-hybridized carbons (Fsp3) is 0.769. The summed E-state index contributed by atoms with van der Waals surface area (Å²) >= 11 is 2.11. The van der Waals surface area contributed by atoms with Gasteiger partial charge in [0.25, 0.3) is 0 Å². The standard InChI is InChI=1S/C13H20N2S/c1-10-5-6-15-11(8-10)9-14-13(15)12-4-2-3-7-16-12/h9-10,12H,2-8H2,1H3. The monoisotopic (exact) mass is 236 g/mol. The number of aromatic nitrogens is 2. The number of hydrogen-bond acceptors (Lipinski definition) is 2. The lowest BCUT2D eigenvalue weighted by Gasteiger charge is -2.26. The molecule has 3 heterocycles. The maximum atomic E-state index is 4.70. The minimum absolute atomic E-state index is 0.677.